The van der Waals surface area contributed by atoms with E-state index in [0.717, 1.165) is 31.0 Å². The summed E-state index contributed by atoms with van der Waals surface area (Å²) < 4.78 is 22.8. The molecule has 1 aromatic carbocycles. The van der Waals surface area contributed by atoms with E-state index in [9.17, 15) is 8.42 Å². The number of rotatable bonds is 7. The molecule has 0 unspecified atom stereocenters. The van der Waals surface area contributed by atoms with E-state index in [2.05, 4.69) is 29.5 Å². The minimum atomic E-state index is -3.14. The van der Waals surface area contributed by atoms with Crippen LogP contribution < -0.4 is 10.6 Å². The van der Waals surface area contributed by atoms with Gasteiger partial charge < -0.3 is 10.6 Å². The van der Waals surface area contributed by atoms with Crippen molar-refractivity contribution in [3.63, 3.8) is 0 Å². The zero-order valence-corrected chi connectivity index (χ0v) is 17.4. The third-order valence-corrected chi connectivity index (χ3v) is 4.26. The molecular formula is C16H28IN3O2S. The quantitative estimate of drug-likeness (QED) is 0.379. The van der Waals surface area contributed by atoms with E-state index in [0.29, 0.717) is 17.4 Å². The average molecular weight is 453 g/mol. The van der Waals surface area contributed by atoms with Crippen LogP contribution in [0.1, 0.15) is 32.8 Å². The summed E-state index contributed by atoms with van der Waals surface area (Å²) in [5.74, 6) is 1.44. The molecule has 0 atom stereocenters. The summed E-state index contributed by atoms with van der Waals surface area (Å²) in [7, 11) is -3.14. The number of sulfone groups is 1. The lowest BCUT2D eigenvalue weighted by atomic mass is 10.1. The van der Waals surface area contributed by atoms with Crippen LogP contribution in [0.15, 0.2) is 34.2 Å². The molecule has 0 bridgehead atoms. The second-order valence-electron chi connectivity index (χ2n) is 5.72. The molecule has 0 aliphatic carbocycles. The highest BCUT2D eigenvalue weighted by Gasteiger charge is 2.06. The summed E-state index contributed by atoms with van der Waals surface area (Å²) in [6.07, 6.45) is 2.30. The molecule has 0 spiro atoms. The maximum absolute atomic E-state index is 11.4. The molecule has 2 N–H and O–H groups in total. The Balaban J connectivity index is 0.00000484. The summed E-state index contributed by atoms with van der Waals surface area (Å²) >= 11 is 0. The summed E-state index contributed by atoms with van der Waals surface area (Å²) in [6, 6.07) is 6.85. The van der Waals surface area contributed by atoms with Crippen molar-refractivity contribution in [1.82, 2.24) is 10.6 Å². The second-order valence-corrected chi connectivity index (χ2v) is 7.74. The fraction of sp³-hybridized carbons (Fsp3) is 0.562. The van der Waals surface area contributed by atoms with Crippen molar-refractivity contribution >= 4 is 39.8 Å². The fourth-order valence-corrected chi connectivity index (χ4v) is 2.46. The predicted molar refractivity (Wildman–Crippen MR) is 107 cm³/mol. The first-order valence-electron chi connectivity index (χ1n) is 7.64. The summed E-state index contributed by atoms with van der Waals surface area (Å²) in [5, 5.41) is 6.51. The van der Waals surface area contributed by atoms with E-state index < -0.39 is 9.84 Å². The maximum Gasteiger partial charge on any atom is 0.191 e. The van der Waals surface area contributed by atoms with Crippen LogP contribution in [0.25, 0.3) is 0 Å². The van der Waals surface area contributed by atoms with Crippen molar-refractivity contribution in [2.45, 2.75) is 38.6 Å². The Morgan fingerprint density at radius 1 is 1.17 bits per heavy atom. The zero-order valence-electron chi connectivity index (χ0n) is 14.3. The van der Waals surface area contributed by atoms with E-state index in [-0.39, 0.29) is 24.0 Å². The monoisotopic (exact) mass is 453 g/mol. The normalized spacial score (nSPS) is 12.0. The highest BCUT2D eigenvalue weighted by molar-refractivity contribution is 14.0. The van der Waals surface area contributed by atoms with Crippen molar-refractivity contribution in [3.8, 4) is 0 Å². The van der Waals surface area contributed by atoms with Gasteiger partial charge in [-0.1, -0.05) is 26.0 Å². The molecule has 0 radical (unpaired) electrons. The van der Waals surface area contributed by atoms with Crippen molar-refractivity contribution < 1.29 is 8.42 Å². The van der Waals surface area contributed by atoms with Gasteiger partial charge in [0.05, 0.1) is 11.4 Å². The van der Waals surface area contributed by atoms with Gasteiger partial charge in [0.25, 0.3) is 0 Å². The molecule has 0 saturated carbocycles. The molecule has 5 nitrogen and oxygen atoms in total. The molecule has 1 aromatic rings. The number of guanidine groups is 1. The number of nitrogens with zero attached hydrogens (tertiary/aromatic N) is 1. The van der Waals surface area contributed by atoms with Crippen LogP contribution >= 0.6 is 24.0 Å². The molecule has 132 valence electrons. The minimum absolute atomic E-state index is 0. The third kappa shape index (κ3) is 9.14. The molecule has 7 heteroatoms. The topological polar surface area (TPSA) is 70.6 Å². The second kappa shape index (κ2) is 10.9. The van der Waals surface area contributed by atoms with Crippen LogP contribution in [0.4, 0.5) is 0 Å². The van der Waals surface area contributed by atoms with Crippen LogP contribution in [0.3, 0.4) is 0 Å². The average Bonchev–Trinajstić information content (AvgIpc) is 2.44. The Kier molecular flexibility index (Phi) is 10.5. The molecule has 0 aromatic heterocycles. The van der Waals surface area contributed by atoms with Crippen molar-refractivity contribution in [1.29, 1.82) is 0 Å². The predicted octanol–water partition coefficient (Wildman–Crippen LogP) is 2.81. The molecule has 0 fully saturated rings. The number of aliphatic imine (C=N–C) groups is 1. The van der Waals surface area contributed by atoms with Crippen molar-refractivity contribution in [2.24, 2.45) is 10.9 Å². The standard InChI is InChI=1S/C16H27N3O2S.HI/c1-5-17-16(18-11-10-13(2)3)19-12-14-6-8-15(9-7-14)22(4,20)21;/h6-9,13H,5,10-12H2,1-4H3,(H2,17,18,19);1H. The number of hydrogen-bond acceptors (Lipinski definition) is 3. The molecule has 0 aliphatic rings. The van der Waals surface area contributed by atoms with Gasteiger partial charge in [0.2, 0.25) is 0 Å². The first-order chi connectivity index (χ1) is 10.3. The Labute approximate surface area is 157 Å². The summed E-state index contributed by atoms with van der Waals surface area (Å²) in [6.45, 7) is 8.61. The van der Waals surface area contributed by atoms with Crippen molar-refractivity contribution in [2.75, 3.05) is 19.3 Å². The Morgan fingerprint density at radius 2 is 1.78 bits per heavy atom. The van der Waals surface area contributed by atoms with E-state index >= 15 is 0 Å². The highest BCUT2D eigenvalue weighted by Crippen LogP contribution is 2.10. The van der Waals surface area contributed by atoms with Gasteiger partial charge in [-0.25, -0.2) is 13.4 Å². The van der Waals surface area contributed by atoms with Crippen LogP contribution in [-0.2, 0) is 16.4 Å². The lowest BCUT2D eigenvalue weighted by Crippen LogP contribution is -2.38. The van der Waals surface area contributed by atoms with Crippen LogP contribution in [0, 0.1) is 5.92 Å². The van der Waals surface area contributed by atoms with E-state index in [1.165, 1.54) is 6.26 Å². The van der Waals surface area contributed by atoms with Gasteiger partial charge in [0, 0.05) is 19.3 Å². The third-order valence-electron chi connectivity index (χ3n) is 3.13. The molecule has 1 rings (SSSR count). The van der Waals surface area contributed by atoms with Crippen LogP contribution in [0.5, 0.6) is 0 Å². The molecular weight excluding hydrogens is 425 g/mol. The number of hydrogen-bond donors (Lipinski definition) is 2. The zero-order chi connectivity index (χ0) is 16.6. The van der Waals surface area contributed by atoms with Crippen molar-refractivity contribution in [3.05, 3.63) is 29.8 Å². The van der Waals surface area contributed by atoms with Gasteiger partial charge in [-0.2, -0.15) is 0 Å². The van der Waals surface area contributed by atoms with Crippen LogP contribution in [0.2, 0.25) is 0 Å². The summed E-state index contributed by atoms with van der Waals surface area (Å²) in [5.41, 5.74) is 0.980. The van der Waals surface area contributed by atoms with Crippen LogP contribution in [-0.4, -0.2) is 33.7 Å². The number of halogens is 1. The van der Waals surface area contributed by atoms with Gasteiger partial charge in [-0.05, 0) is 37.0 Å². The van der Waals surface area contributed by atoms with Gasteiger partial charge in [-0.15, -0.1) is 24.0 Å². The van der Waals surface area contributed by atoms with Gasteiger partial charge in [0.15, 0.2) is 15.8 Å². The van der Waals surface area contributed by atoms with E-state index in [1.807, 2.05) is 6.92 Å². The molecule has 0 amide bonds. The van der Waals surface area contributed by atoms with E-state index in [1.54, 1.807) is 24.3 Å². The van der Waals surface area contributed by atoms with E-state index in [4.69, 9.17) is 0 Å². The molecule has 23 heavy (non-hydrogen) atoms. The fourth-order valence-electron chi connectivity index (χ4n) is 1.83. The Morgan fingerprint density at radius 3 is 2.26 bits per heavy atom. The highest BCUT2D eigenvalue weighted by atomic mass is 127. The smallest absolute Gasteiger partial charge is 0.191 e. The maximum atomic E-state index is 11.4. The first-order valence-corrected chi connectivity index (χ1v) is 9.53. The van der Waals surface area contributed by atoms with Gasteiger partial charge in [-0.3, -0.25) is 0 Å². The minimum Gasteiger partial charge on any atom is -0.357 e. The lowest BCUT2D eigenvalue weighted by molar-refractivity contribution is 0.573. The molecule has 0 saturated heterocycles. The summed E-state index contributed by atoms with van der Waals surface area (Å²) in [4.78, 5) is 4.85. The lowest BCUT2D eigenvalue weighted by Gasteiger charge is -2.12. The molecule has 0 heterocycles. The molecule has 0 aliphatic heterocycles. The number of benzene rings is 1. The largest absolute Gasteiger partial charge is 0.357 e. The SMILES string of the molecule is CCNC(=NCc1ccc(S(C)(=O)=O)cc1)NCCC(C)C.I. The van der Waals surface area contributed by atoms with Gasteiger partial charge in [0.1, 0.15) is 0 Å². The van der Waals surface area contributed by atoms with Gasteiger partial charge >= 0.3 is 0 Å². The Bertz CT molecular complexity index is 584. The first kappa shape index (κ1) is 22.2. The number of nitrogens with one attached hydrogen (secondary N) is 2. The Hall–Kier alpha value is -0.830.